The van der Waals surface area contributed by atoms with Crippen LogP contribution in [-0.2, 0) is 9.53 Å². The zero-order valence-electron chi connectivity index (χ0n) is 19.0. The number of carbonyl (C=O) groups is 3. The topological polar surface area (TPSA) is 130 Å². The van der Waals surface area contributed by atoms with Gasteiger partial charge in [0.15, 0.2) is 0 Å². The molecule has 4 N–H and O–H groups in total. The fourth-order valence-electron chi connectivity index (χ4n) is 3.80. The lowest BCUT2D eigenvalue weighted by molar-refractivity contribution is -0.115. The van der Waals surface area contributed by atoms with E-state index in [1.807, 2.05) is 6.07 Å². The number of ether oxygens (including phenoxy) is 1. The first-order chi connectivity index (χ1) is 15.7. The molecule has 0 saturated heterocycles. The molecule has 1 aliphatic rings. The van der Waals surface area contributed by atoms with Crippen LogP contribution < -0.4 is 16.0 Å². The minimum atomic E-state index is -0.980. The molecule has 0 bridgehead atoms. The SMILES string of the molecule is CCC(=O)Nc1cc(NC(=O)OC(C)C)ccc1-c1cnc(C2CCC(NC(=O)O)CC2)s1. The molecule has 3 amide bonds. The third kappa shape index (κ3) is 6.92. The van der Waals surface area contributed by atoms with Gasteiger partial charge >= 0.3 is 12.2 Å². The predicted octanol–water partition coefficient (Wildman–Crippen LogP) is 5.41. The molecule has 1 aliphatic carbocycles. The van der Waals surface area contributed by atoms with Crippen LogP contribution in [0, 0.1) is 0 Å². The Morgan fingerprint density at radius 1 is 1.18 bits per heavy atom. The molecule has 0 aliphatic heterocycles. The Hall–Kier alpha value is -3.14. The van der Waals surface area contributed by atoms with Crippen molar-refractivity contribution in [2.45, 2.75) is 70.9 Å². The standard InChI is InChI=1S/C23H30N4O5S/c1-4-20(28)27-18-11-16(26-23(31)32-13(2)3)9-10-17(18)19-12-24-21(33-19)14-5-7-15(8-6-14)25-22(29)30/h9-15,25H,4-8H2,1-3H3,(H,26,31)(H,27,28)(H,29,30). The number of hydrogen-bond acceptors (Lipinski definition) is 6. The lowest BCUT2D eigenvalue weighted by atomic mass is 9.86. The molecule has 1 fully saturated rings. The maximum atomic E-state index is 12.1. The summed E-state index contributed by atoms with van der Waals surface area (Å²) in [5, 5.41) is 18.1. The molecule has 1 aromatic heterocycles. The number of nitrogens with one attached hydrogen (secondary N) is 3. The molecule has 33 heavy (non-hydrogen) atoms. The number of aromatic nitrogens is 1. The van der Waals surface area contributed by atoms with Gasteiger partial charge in [0.2, 0.25) is 5.91 Å². The zero-order chi connectivity index (χ0) is 24.0. The van der Waals surface area contributed by atoms with Gasteiger partial charge < -0.3 is 20.5 Å². The highest BCUT2D eigenvalue weighted by Crippen LogP contribution is 2.40. The number of anilines is 2. The number of carboxylic acid groups (broad SMARTS) is 1. The van der Waals surface area contributed by atoms with Gasteiger partial charge in [-0.05, 0) is 57.7 Å². The van der Waals surface area contributed by atoms with E-state index in [0.29, 0.717) is 17.8 Å². The fourth-order valence-corrected chi connectivity index (χ4v) is 4.93. The van der Waals surface area contributed by atoms with Crippen molar-refractivity contribution in [2.24, 2.45) is 0 Å². The molecule has 2 aromatic rings. The zero-order valence-corrected chi connectivity index (χ0v) is 19.8. The summed E-state index contributed by atoms with van der Waals surface area (Å²) >= 11 is 1.57. The van der Waals surface area contributed by atoms with Crippen molar-refractivity contribution in [1.82, 2.24) is 10.3 Å². The highest BCUT2D eigenvalue weighted by Gasteiger charge is 2.26. The molecule has 1 saturated carbocycles. The van der Waals surface area contributed by atoms with E-state index in [2.05, 4.69) is 20.9 Å². The van der Waals surface area contributed by atoms with E-state index >= 15 is 0 Å². The number of thiazole rings is 1. The molecular formula is C23H30N4O5S. The van der Waals surface area contributed by atoms with Gasteiger partial charge in [-0.2, -0.15) is 0 Å². The van der Waals surface area contributed by atoms with Crippen molar-refractivity contribution >= 4 is 40.8 Å². The van der Waals surface area contributed by atoms with Crippen LogP contribution in [-0.4, -0.2) is 40.3 Å². The van der Waals surface area contributed by atoms with Crippen molar-refractivity contribution in [3.63, 3.8) is 0 Å². The van der Waals surface area contributed by atoms with Crippen LogP contribution >= 0.6 is 11.3 Å². The first kappa shape index (κ1) is 24.5. The fraction of sp³-hybridized carbons (Fsp3) is 0.478. The van der Waals surface area contributed by atoms with Gasteiger partial charge in [0.05, 0.1) is 21.7 Å². The third-order valence-electron chi connectivity index (χ3n) is 5.40. The number of rotatable bonds is 7. The molecule has 9 nitrogen and oxygen atoms in total. The largest absolute Gasteiger partial charge is 0.465 e. The van der Waals surface area contributed by atoms with Gasteiger partial charge in [-0.1, -0.05) is 6.92 Å². The summed E-state index contributed by atoms with van der Waals surface area (Å²) in [5.74, 6) is 0.156. The first-order valence-electron chi connectivity index (χ1n) is 11.1. The molecule has 0 radical (unpaired) electrons. The lowest BCUT2D eigenvalue weighted by Crippen LogP contribution is -2.36. The van der Waals surface area contributed by atoms with Gasteiger partial charge in [-0.25, -0.2) is 14.6 Å². The maximum Gasteiger partial charge on any atom is 0.411 e. The van der Waals surface area contributed by atoms with Crippen molar-refractivity contribution in [3.05, 3.63) is 29.4 Å². The quantitative estimate of drug-likeness (QED) is 0.425. The van der Waals surface area contributed by atoms with Gasteiger partial charge in [0, 0.05) is 35.8 Å². The number of hydrogen-bond donors (Lipinski definition) is 4. The Kier molecular flexibility index (Phi) is 8.26. The smallest absolute Gasteiger partial charge is 0.411 e. The molecule has 0 spiro atoms. The predicted molar refractivity (Wildman–Crippen MR) is 128 cm³/mol. The monoisotopic (exact) mass is 474 g/mol. The molecule has 0 atom stereocenters. The second-order valence-corrected chi connectivity index (χ2v) is 9.36. The Bertz CT molecular complexity index is 998. The van der Waals surface area contributed by atoms with Gasteiger partial charge in [-0.15, -0.1) is 11.3 Å². The molecule has 1 aromatic carbocycles. The summed E-state index contributed by atoms with van der Waals surface area (Å²) < 4.78 is 5.13. The van der Waals surface area contributed by atoms with E-state index in [-0.39, 0.29) is 24.0 Å². The maximum absolute atomic E-state index is 12.1. The average molecular weight is 475 g/mol. The Morgan fingerprint density at radius 3 is 2.55 bits per heavy atom. The summed E-state index contributed by atoms with van der Waals surface area (Å²) in [6.07, 6.45) is 3.68. The summed E-state index contributed by atoms with van der Waals surface area (Å²) in [6.45, 7) is 5.32. The normalized spacial score (nSPS) is 17.9. The van der Waals surface area contributed by atoms with Crippen molar-refractivity contribution in [3.8, 4) is 10.4 Å². The van der Waals surface area contributed by atoms with Gasteiger partial charge in [-0.3, -0.25) is 10.1 Å². The van der Waals surface area contributed by atoms with Crippen molar-refractivity contribution in [2.75, 3.05) is 10.6 Å². The summed E-state index contributed by atoms with van der Waals surface area (Å²) in [6, 6.07) is 5.32. The Labute approximate surface area is 196 Å². The number of nitrogens with zero attached hydrogens (tertiary/aromatic N) is 1. The van der Waals surface area contributed by atoms with Crippen molar-refractivity contribution in [1.29, 1.82) is 0 Å². The molecule has 1 heterocycles. The van der Waals surface area contributed by atoms with Crippen LogP contribution in [0.5, 0.6) is 0 Å². The lowest BCUT2D eigenvalue weighted by Gasteiger charge is -2.27. The van der Waals surface area contributed by atoms with E-state index in [1.165, 1.54) is 0 Å². The Balaban J connectivity index is 1.77. The van der Waals surface area contributed by atoms with Crippen molar-refractivity contribution < 1.29 is 24.2 Å². The molecule has 10 heteroatoms. The highest BCUT2D eigenvalue weighted by atomic mass is 32.1. The van der Waals surface area contributed by atoms with Crippen LogP contribution in [0.2, 0.25) is 0 Å². The second-order valence-electron chi connectivity index (χ2n) is 8.30. The summed E-state index contributed by atoms with van der Waals surface area (Å²) in [4.78, 5) is 40.5. The number of benzene rings is 1. The molecule has 178 valence electrons. The van der Waals surface area contributed by atoms with Crippen LogP contribution in [0.1, 0.15) is 63.8 Å². The molecule has 3 rings (SSSR count). The van der Waals surface area contributed by atoms with Gasteiger partial charge in [0.25, 0.3) is 0 Å². The number of carbonyl (C=O) groups excluding carboxylic acids is 2. The average Bonchev–Trinajstić information content (AvgIpc) is 3.23. The van der Waals surface area contributed by atoms with Crippen LogP contribution in [0.3, 0.4) is 0 Å². The first-order valence-corrected chi connectivity index (χ1v) is 11.9. The minimum Gasteiger partial charge on any atom is -0.465 e. The van der Waals surface area contributed by atoms with E-state index < -0.39 is 12.2 Å². The van der Waals surface area contributed by atoms with Gasteiger partial charge in [0.1, 0.15) is 0 Å². The summed E-state index contributed by atoms with van der Waals surface area (Å²) in [7, 11) is 0. The van der Waals surface area contributed by atoms with E-state index in [4.69, 9.17) is 9.84 Å². The Morgan fingerprint density at radius 2 is 1.91 bits per heavy atom. The van der Waals surface area contributed by atoms with E-state index in [1.54, 1.807) is 50.4 Å². The molecular weight excluding hydrogens is 444 g/mol. The summed E-state index contributed by atoms with van der Waals surface area (Å²) in [5.41, 5.74) is 1.93. The minimum absolute atomic E-state index is 0.00327. The van der Waals surface area contributed by atoms with Crippen LogP contribution in [0.25, 0.3) is 10.4 Å². The van der Waals surface area contributed by atoms with Crippen LogP contribution in [0.15, 0.2) is 24.4 Å². The highest BCUT2D eigenvalue weighted by molar-refractivity contribution is 7.15. The molecule has 0 unspecified atom stereocenters. The number of amides is 3. The van der Waals surface area contributed by atoms with E-state index in [9.17, 15) is 14.4 Å². The second kappa shape index (κ2) is 11.1. The van der Waals surface area contributed by atoms with E-state index in [0.717, 1.165) is 41.1 Å². The third-order valence-corrected chi connectivity index (χ3v) is 6.59. The van der Waals surface area contributed by atoms with Crippen LogP contribution in [0.4, 0.5) is 21.0 Å².